The van der Waals surface area contributed by atoms with Gasteiger partial charge in [0.05, 0.1) is 6.54 Å². The third kappa shape index (κ3) is 7.03. The lowest BCUT2D eigenvalue weighted by molar-refractivity contribution is -0.146. The number of thiol groups is 1. The van der Waals surface area contributed by atoms with Crippen molar-refractivity contribution in [2.45, 2.75) is 50.4 Å². The number of esters is 1. The minimum absolute atomic E-state index is 0.00849. The highest BCUT2D eigenvalue weighted by molar-refractivity contribution is 7.81. The first kappa shape index (κ1) is 21.5. The van der Waals surface area contributed by atoms with E-state index in [1.165, 1.54) is 0 Å². The van der Waals surface area contributed by atoms with Crippen molar-refractivity contribution >= 4 is 24.7 Å². The van der Waals surface area contributed by atoms with Crippen LogP contribution in [0.25, 0.3) is 0 Å². The Balaban J connectivity index is 1.78. The van der Waals surface area contributed by atoms with Gasteiger partial charge in [-0.15, -0.1) is 0 Å². The van der Waals surface area contributed by atoms with Crippen molar-refractivity contribution in [3.8, 4) is 0 Å². The molecule has 0 aromatic heterocycles. The third-order valence-electron chi connectivity index (χ3n) is 4.07. The highest BCUT2D eigenvalue weighted by Crippen LogP contribution is 2.31. The number of nitrogens with one attached hydrogen (secondary N) is 1. The number of benzene rings is 1. The van der Waals surface area contributed by atoms with Gasteiger partial charge in [0.2, 0.25) is 0 Å². The normalized spacial score (nSPS) is 21.5. The molecule has 1 aromatic carbocycles. The van der Waals surface area contributed by atoms with Crippen LogP contribution in [0.1, 0.15) is 32.8 Å². The van der Waals surface area contributed by atoms with E-state index in [1.54, 1.807) is 25.7 Å². The Morgan fingerprint density at radius 3 is 2.63 bits per heavy atom. The summed E-state index contributed by atoms with van der Waals surface area (Å²) in [7, 11) is 0. The summed E-state index contributed by atoms with van der Waals surface area (Å²) in [5.41, 5.74) is -1.53. The number of carbonyl (C=O) groups is 2. The van der Waals surface area contributed by atoms with E-state index in [0.717, 1.165) is 5.56 Å². The van der Waals surface area contributed by atoms with E-state index in [0.29, 0.717) is 6.54 Å². The molecule has 1 aliphatic rings. The van der Waals surface area contributed by atoms with Crippen LogP contribution in [-0.2, 0) is 20.9 Å². The molecule has 1 saturated heterocycles. The van der Waals surface area contributed by atoms with Crippen molar-refractivity contribution in [2.24, 2.45) is 0 Å². The van der Waals surface area contributed by atoms with Crippen molar-refractivity contribution < 1.29 is 23.5 Å². The lowest BCUT2D eigenvalue weighted by atomic mass is 10.1. The van der Waals surface area contributed by atoms with Crippen LogP contribution in [-0.4, -0.2) is 53.2 Å². The van der Waals surface area contributed by atoms with Gasteiger partial charge in [-0.1, -0.05) is 30.3 Å². The van der Waals surface area contributed by atoms with Crippen LogP contribution in [0.3, 0.4) is 0 Å². The largest absolute Gasteiger partial charge is 0.460 e. The molecule has 1 heterocycles. The van der Waals surface area contributed by atoms with E-state index in [-0.39, 0.29) is 26.1 Å². The second-order valence-corrected chi connectivity index (χ2v) is 8.21. The molecule has 0 spiro atoms. The van der Waals surface area contributed by atoms with Gasteiger partial charge in [-0.05, 0) is 32.8 Å². The number of carbonyl (C=O) groups excluding carboxylic acids is 2. The zero-order valence-electron chi connectivity index (χ0n) is 15.9. The summed E-state index contributed by atoms with van der Waals surface area (Å²) >= 11 is 4.19. The minimum Gasteiger partial charge on any atom is -0.460 e. The molecule has 0 saturated carbocycles. The summed E-state index contributed by atoms with van der Waals surface area (Å²) in [4.78, 5) is 25.5. The van der Waals surface area contributed by atoms with Gasteiger partial charge < -0.3 is 14.8 Å². The molecular weight excluding hydrogens is 371 g/mol. The highest BCUT2D eigenvalue weighted by atomic mass is 32.1. The Hall–Kier alpha value is -1.80. The Morgan fingerprint density at radius 1 is 1.33 bits per heavy atom. The molecule has 27 heavy (non-hydrogen) atoms. The van der Waals surface area contributed by atoms with Gasteiger partial charge in [0, 0.05) is 13.1 Å². The first-order valence-electron chi connectivity index (χ1n) is 8.86. The molecule has 2 atom stereocenters. The fraction of sp³-hybridized carbons (Fsp3) is 0.579. The van der Waals surface area contributed by atoms with E-state index >= 15 is 4.39 Å². The molecule has 1 fully saturated rings. The topological polar surface area (TPSA) is 67.9 Å². The Labute approximate surface area is 164 Å². The molecule has 1 amide bonds. The number of nitrogens with zero attached hydrogens (tertiary/aromatic N) is 1. The Kier molecular flexibility index (Phi) is 7.11. The first-order valence-corrected chi connectivity index (χ1v) is 9.37. The number of halogens is 1. The van der Waals surface area contributed by atoms with Gasteiger partial charge in [0.15, 0.2) is 5.67 Å². The molecule has 0 radical (unpaired) electrons. The number of hydrogen-bond acceptors (Lipinski definition) is 6. The molecule has 8 heteroatoms. The number of ether oxygens (including phenoxy) is 2. The number of amides is 1. The second-order valence-electron chi connectivity index (χ2n) is 7.69. The maximum atomic E-state index is 15.1. The lowest BCUT2D eigenvalue weighted by Crippen LogP contribution is -2.49. The molecule has 150 valence electrons. The fourth-order valence-electron chi connectivity index (χ4n) is 2.75. The predicted octanol–water partition coefficient (Wildman–Crippen LogP) is 2.92. The molecule has 6 nitrogen and oxygen atoms in total. The maximum Gasteiger partial charge on any atom is 0.408 e. The van der Waals surface area contributed by atoms with Crippen LogP contribution >= 0.6 is 12.6 Å². The number of alkyl carbamates (subject to hydrolysis) is 1. The van der Waals surface area contributed by atoms with Crippen LogP contribution in [0.5, 0.6) is 0 Å². The SMILES string of the molecule is CC(C)(C)OC(=O)NC(S)C1(F)CCN(CC(=O)OCc2ccccc2)C1. The molecule has 1 aliphatic heterocycles. The van der Waals surface area contributed by atoms with Crippen LogP contribution in [0.15, 0.2) is 30.3 Å². The number of alkyl halides is 1. The lowest BCUT2D eigenvalue weighted by Gasteiger charge is -2.28. The monoisotopic (exact) mass is 398 g/mol. The molecule has 0 aliphatic carbocycles. The second kappa shape index (κ2) is 8.93. The summed E-state index contributed by atoms with van der Waals surface area (Å²) in [6.07, 6.45) is -0.566. The van der Waals surface area contributed by atoms with E-state index in [9.17, 15) is 9.59 Å². The average molecular weight is 399 g/mol. The number of rotatable bonds is 6. The van der Waals surface area contributed by atoms with E-state index in [2.05, 4.69) is 17.9 Å². The van der Waals surface area contributed by atoms with Crippen molar-refractivity contribution in [3.63, 3.8) is 0 Å². The standard InChI is InChI=1S/C19H27FN2O4S/c1-18(2,3)26-17(24)21-16(27)19(20)9-10-22(13-19)11-15(23)25-12-14-7-5-4-6-8-14/h4-8,16,27H,9-13H2,1-3H3,(H,21,24). The predicted molar refractivity (Wildman–Crippen MR) is 103 cm³/mol. The smallest absolute Gasteiger partial charge is 0.408 e. The first-order chi connectivity index (χ1) is 12.6. The summed E-state index contributed by atoms with van der Waals surface area (Å²) in [6.45, 7) is 5.72. The fourth-order valence-corrected chi connectivity index (χ4v) is 3.06. The number of hydrogen-bond donors (Lipinski definition) is 2. The molecule has 1 aromatic rings. The van der Waals surface area contributed by atoms with E-state index < -0.39 is 28.7 Å². The van der Waals surface area contributed by atoms with E-state index in [1.807, 2.05) is 30.3 Å². The molecular formula is C19H27FN2O4S. The highest BCUT2D eigenvalue weighted by Gasteiger charge is 2.45. The zero-order valence-corrected chi connectivity index (χ0v) is 16.8. The Bertz CT molecular complexity index is 653. The number of likely N-dealkylation sites (tertiary alicyclic amines) is 1. The van der Waals surface area contributed by atoms with Gasteiger partial charge in [0.25, 0.3) is 0 Å². The zero-order chi connectivity index (χ0) is 20.1. The summed E-state index contributed by atoms with van der Waals surface area (Å²) in [5.74, 6) is -0.418. The van der Waals surface area contributed by atoms with Gasteiger partial charge in [-0.25, -0.2) is 9.18 Å². The summed E-state index contributed by atoms with van der Waals surface area (Å²) in [5, 5.41) is 1.39. The van der Waals surface area contributed by atoms with Crippen molar-refractivity contribution in [2.75, 3.05) is 19.6 Å². The molecule has 2 rings (SSSR count). The van der Waals surface area contributed by atoms with Gasteiger partial charge >= 0.3 is 12.1 Å². The third-order valence-corrected chi connectivity index (χ3v) is 4.66. The molecule has 2 unspecified atom stereocenters. The van der Waals surface area contributed by atoms with E-state index in [4.69, 9.17) is 9.47 Å². The summed E-state index contributed by atoms with van der Waals surface area (Å²) < 4.78 is 25.5. The van der Waals surface area contributed by atoms with Gasteiger partial charge in [0.1, 0.15) is 17.6 Å². The van der Waals surface area contributed by atoms with Gasteiger partial charge in [-0.2, -0.15) is 12.6 Å². The Morgan fingerprint density at radius 2 is 2.00 bits per heavy atom. The minimum atomic E-state index is -1.75. The molecule has 0 bridgehead atoms. The van der Waals surface area contributed by atoms with Crippen LogP contribution < -0.4 is 5.32 Å². The maximum absolute atomic E-state index is 15.1. The van der Waals surface area contributed by atoms with Crippen LogP contribution in [0.2, 0.25) is 0 Å². The van der Waals surface area contributed by atoms with Gasteiger partial charge in [-0.3, -0.25) is 9.69 Å². The average Bonchev–Trinajstić information content (AvgIpc) is 2.94. The quantitative estimate of drug-likeness (QED) is 0.438. The van der Waals surface area contributed by atoms with Crippen LogP contribution in [0.4, 0.5) is 9.18 Å². The van der Waals surface area contributed by atoms with Crippen molar-refractivity contribution in [3.05, 3.63) is 35.9 Å². The summed E-state index contributed by atoms with van der Waals surface area (Å²) in [6, 6.07) is 9.35. The van der Waals surface area contributed by atoms with Crippen LogP contribution in [0, 0.1) is 0 Å². The van der Waals surface area contributed by atoms with Crippen molar-refractivity contribution in [1.29, 1.82) is 0 Å². The van der Waals surface area contributed by atoms with Crippen molar-refractivity contribution in [1.82, 2.24) is 10.2 Å². The molecule has 1 N–H and O–H groups in total.